The van der Waals surface area contributed by atoms with Crippen LogP contribution in [0.5, 0.6) is 11.5 Å². The Bertz CT molecular complexity index is 419. The summed E-state index contributed by atoms with van der Waals surface area (Å²) < 4.78 is 10.2. The molecule has 1 aromatic rings. The second-order valence-electron chi connectivity index (χ2n) is 2.80. The number of ether oxygens (including phenoxy) is 2. The summed E-state index contributed by atoms with van der Waals surface area (Å²) in [6, 6.07) is 7.11. The quantitative estimate of drug-likeness (QED) is 0.758. The van der Waals surface area contributed by atoms with Gasteiger partial charge in [-0.2, -0.15) is 5.26 Å². The molecule has 4 nitrogen and oxygen atoms in total. The Kier molecular flexibility index (Phi) is 3.58. The third-order valence-corrected chi connectivity index (χ3v) is 1.94. The zero-order valence-corrected chi connectivity index (χ0v) is 8.65. The minimum atomic E-state index is 0.401. The third-order valence-electron chi connectivity index (χ3n) is 1.94. The van der Waals surface area contributed by atoms with Gasteiger partial charge in [-0.15, -0.1) is 0 Å². The maximum absolute atomic E-state index is 8.46. The first-order chi connectivity index (χ1) is 7.22. The van der Waals surface area contributed by atoms with E-state index in [2.05, 4.69) is 0 Å². The first-order valence-electron chi connectivity index (χ1n) is 4.30. The zero-order chi connectivity index (χ0) is 11.3. The predicted molar refractivity (Wildman–Crippen MR) is 57.3 cm³/mol. The van der Waals surface area contributed by atoms with Crippen LogP contribution in [0.15, 0.2) is 24.3 Å². The lowest BCUT2D eigenvalue weighted by Crippen LogP contribution is -1.97. The summed E-state index contributed by atoms with van der Waals surface area (Å²) in [4.78, 5) is 0. The largest absolute Gasteiger partial charge is 0.493 e. The fraction of sp³-hybridized carbons (Fsp3) is 0.182. The van der Waals surface area contributed by atoms with Crippen LogP contribution in [0.25, 0.3) is 5.70 Å². The number of hydrogen-bond donors (Lipinski definition) is 1. The standard InChI is InChI=1S/C11H12N2O2/c1-14-10-4-3-8(7-11(10)15-2)9(13)5-6-12/h3-5,7H,13H2,1-2H3. The Labute approximate surface area is 88.5 Å². The van der Waals surface area contributed by atoms with Gasteiger partial charge in [0.15, 0.2) is 11.5 Å². The molecule has 0 amide bonds. The van der Waals surface area contributed by atoms with Crippen molar-refractivity contribution in [2.45, 2.75) is 0 Å². The molecule has 0 saturated heterocycles. The summed E-state index contributed by atoms with van der Waals surface area (Å²) in [5.41, 5.74) is 6.79. The van der Waals surface area contributed by atoms with Gasteiger partial charge in [0.2, 0.25) is 0 Å². The first-order valence-corrected chi connectivity index (χ1v) is 4.30. The molecule has 1 rings (SSSR count). The van der Waals surface area contributed by atoms with E-state index in [9.17, 15) is 0 Å². The van der Waals surface area contributed by atoms with E-state index in [4.69, 9.17) is 20.5 Å². The predicted octanol–water partition coefficient (Wildman–Crippen LogP) is 1.53. The summed E-state index contributed by atoms with van der Waals surface area (Å²) in [6.45, 7) is 0. The van der Waals surface area contributed by atoms with Crippen LogP contribution in [0, 0.1) is 11.3 Å². The van der Waals surface area contributed by atoms with Gasteiger partial charge < -0.3 is 15.2 Å². The monoisotopic (exact) mass is 204 g/mol. The van der Waals surface area contributed by atoms with E-state index in [1.807, 2.05) is 6.07 Å². The highest BCUT2D eigenvalue weighted by molar-refractivity contribution is 5.67. The van der Waals surface area contributed by atoms with Crippen molar-refractivity contribution in [1.29, 1.82) is 5.26 Å². The molecule has 0 aliphatic rings. The molecule has 15 heavy (non-hydrogen) atoms. The fourth-order valence-electron chi connectivity index (χ4n) is 1.17. The van der Waals surface area contributed by atoms with Crippen molar-refractivity contribution in [3.8, 4) is 17.6 Å². The molecule has 0 spiro atoms. The number of nitriles is 1. The van der Waals surface area contributed by atoms with E-state index in [0.29, 0.717) is 17.2 Å². The average molecular weight is 204 g/mol. The van der Waals surface area contributed by atoms with Gasteiger partial charge >= 0.3 is 0 Å². The van der Waals surface area contributed by atoms with Gasteiger partial charge in [-0.25, -0.2) is 0 Å². The Morgan fingerprint density at radius 2 is 2.00 bits per heavy atom. The van der Waals surface area contributed by atoms with Gasteiger partial charge in [-0.1, -0.05) is 0 Å². The van der Waals surface area contributed by atoms with Crippen molar-refractivity contribution >= 4 is 5.70 Å². The number of nitrogens with two attached hydrogens (primary N) is 1. The average Bonchev–Trinajstić information content (AvgIpc) is 2.28. The lowest BCUT2D eigenvalue weighted by atomic mass is 10.1. The first kappa shape index (κ1) is 10.9. The maximum Gasteiger partial charge on any atom is 0.161 e. The van der Waals surface area contributed by atoms with Crippen LogP contribution in [-0.4, -0.2) is 14.2 Å². The van der Waals surface area contributed by atoms with Crippen molar-refractivity contribution in [3.63, 3.8) is 0 Å². The molecule has 0 fully saturated rings. The number of allylic oxidation sites excluding steroid dienone is 1. The van der Waals surface area contributed by atoms with Gasteiger partial charge in [0.25, 0.3) is 0 Å². The molecule has 0 atom stereocenters. The van der Waals surface area contributed by atoms with Gasteiger partial charge in [0.1, 0.15) is 0 Å². The molecule has 0 bridgehead atoms. The van der Waals surface area contributed by atoms with Crippen LogP contribution in [0.3, 0.4) is 0 Å². The van der Waals surface area contributed by atoms with E-state index < -0.39 is 0 Å². The Balaban J connectivity index is 3.15. The van der Waals surface area contributed by atoms with Gasteiger partial charge in [-0.3, -0.25) is 0 Å². The highest BCUT2D eigenvalue weighted by atomic mass is 16.5. The van der Waals surface area contributed by atoms with Crippen LogP contribution in [0.2, 0.25) is 0 Å². The molecule has 0 aromatic heterocycles. The summed E-state index contributed by atoms with van der Waals surface area (Å²) in [5, 5.41) is 8.46. The molecule has 78 valence electrons. The van der Waals surface area contributed by atoms with E-state index in [1.165, 1.54) is 6.08 Å². The van der Waals surface area contributed by atoms with Crippen LogP contribution in [0.4, 0.5) is 0 Å². The van der Waals surface area contributed by atoms with Crippen molar-refractivity contribution in [2.75, 3.05) is 14.2 Å². The molecule has 0 unspecified atom stereocenters. The topological polar surface area (TPSA) is 68.3 Å². The summed E-state index contributed by atoms with van der Waals surface area (Å²) >= 11 is 0. The van der Waals surface area contributed by atoms with Crippen molar-refractivity contribution < 1.29 is 9.47 Å². The molecule has 0 saturated carbocycles. The van der Waals surface area contributed by atoms with E-state index >= 15 is 0 Å². The molecular weight excluding hydrogens is 192 g/mol. The van der Waals surface area contributed by atoms with Crippen molar-refractivity contribution in [2.24, 2.45) is 5.73 Å². The molecule has 0 aliphatic carbocycles. The molecule has 0 heterocycles. The number of benzene rings is 1. The maximum atomic E-state index is 8.46. The van der Waals surface area contributed by atoms with Gasteiger partial charge in [-0.05, 0) is 18.2 Å². The molecular formula is C11H12N2O2. The summed E-state index contributed by atoms with van der Waals surface area (Å²) in [7, 11) is 3.11. The Hall–Kier alpha value is -2.15. The second kappa shape index (κ2) is 4.91. The van der Waals surface area contributed by atoms with Crippen molar-refractivity contribution in [3.05, 3.63) is 29.8 Å². The molecule has 4 heteroatoms. The number of methoxy groups -OCH3 is 2. The highest BCUT2D eigenvalue weighted by Gasteiger charge is 2.05. The number of hydrogen-bond acceptors (Lipinski definition) is 4. The number of nitrogens with zero attached hydrogens (tertiary/aromatic N) is 1. The lowest BCUT2D eigenvalue weighted by Gasteiger charge is -2.09. The second-order valence-corrected chi connectivity index (χ2v) is 2.80. The van der Waals surface area contributed by atoms with Crippen molar-refractivity contribution in [1.82, 2.24) is 0 Å². The highest BCUT2D eigenvalue weighted by Crippen LogP contribution is 2.28. The smallest absolute Gasteiger partial charge is 0.161 e. The summed E-state index contributed by atoms with van der Waals surface area (Å²) in [5.74, 6) is 1.22. The Morgan fingerprint density at radius 1 is 1.33 bits per heavy atom. The fourth-order valence-corrected chi connectivity index (χ4v) is 1.17. The van der Waals surface area contributed by atoms with Crippen LogP contribution in [-0.2, 0) is 0 Å². The van der Waals surface area contributed by atoms with E-state index in [0.717, 1.165) is 5.56 Å². The minimum Gasteiger partial charge on any atom is -0.493 e. The SMILES string of the molecule is COc1ccc(C(N)=CC#N)cc1OC. The van der Waals surface area contributed by atoms with Crippen LogP contribution in [0.1, 0.15) is 5.56 Å². The minimum absolute atomic E-state index is 0.401. The molecule has 0 radical (unpaired) electrons. The van der Waals surface area contributed by atoms with Crippen LogP contribution >= 0.6 is 0 Å². The molecule has 0 aliphatic heterocycles. The van der Waals surface area contributed by atoms with Gasteiger partial charge in [0.05, 0.1) is 20.3 Å². The molecule has 1 aromatic carbocycles. The van der Waals surface area contributed by atoms with Crippen LogP contribution < -0.4 is 15.2 Å². The zero-order valence-electron chi connectivity index (χ0n) is 8.65. The lowest BCUT2D eigenvalue weighted by molar-refractivity contribution is 0.355. The van der Waals surface area contributed by atoms with E-state index in [-0.39, 0.29) is 0 Å². The van der Waals surface area contributed by atoms with E-state index in [1.54, 1.807) is 32.4 Å². The van der Waals surface area contributed by atoms with Gasteiger partial charge in [0, 0.05) is 17.3 Å². The normalized spacial score (nSPS) is 10.6. The Morgan fingerprint density at radius 3 is 2.53 bits per heavy atom. The third kappa shape index (κ3) is 2.41. The number of rotatable bonds is 3. The molecule has 2 N–H and O–H groups in total. The summed E-state index contributed by atoms with van der Waals surface area (Å²) in [6.07, 6.45) is 1.28.